The SMILES string of the molecule is CC1CC2CC3CCCNC3CC2C1C(C)(C)C1=CC=CC1. The Hall–Kier alpha value is -0.560. The van der Waals surface area contributed by atoms with Crippen LogP contribution in [0.15, 0.2) is 23.8 Å². The van der Waals surface area contributed by atoms with Crippen LogP contribution in [0.1, 0.15) is 59.3 Å². The van der Waals surface area contributed by atoms with Crippen molar-refractivity contribution in [3.63, 3.8) is 0 Å². The summed E-state index contributed by atoms with van der Waals surface area (Å²) >= 11 is 0. The van der Waals surface area contributed by atoms with Crippen molar-refractivity contribution in [1.82, 2.24) is 5.32 Å². The van der Waals surface area contributed by atoms with Gasteiger partial charge in [0.25, 0.3) is 0 Å². The third-order valence-corrected chi connectivity index (χ3v) is 7.65. The average Bonchev–Trinajstić information content (AvgIpc) is 3.12. The van der Waals surface area contributed by atoms with E-state index in [1.54, 1.807) is 5.57 Å². The minimum absolute atomic E-state index is 0.379. The summed E-state index contributed by atoms with van der Waals surface area (Å²) in [5, 5.41) is 3.86. The first kappa shape index (κ1) is 15.0. The molecule has 0 bridgehead atoms. The number of hydrogen-bond acceptors (Lipinski definition) is 1. The summed E-state index contributed by atoms with van der Waals surface area (Å²) in [6, 6.07) is 0.828. The summed E-state index contributed by atoms with van der Waals surface area (Å²) in [6.45, 7) is 8.88. The number of nitrogens with one attached hydrogen (secondary N) is 1. The monoisotopic (exact) mass is 299 g/mol. The molecule has 0 radical (unpaired) electrons. The lowest BCUT2D eigenvalue weighted by Crippen LogP contribution is -2.48. The lowest BCUT2D eigenvalue weighted by atomic mass is 9.60. The Labute approximate surface area is 136 Å². The lowest BCUT2D eigenvalue weighted by molar-refractivity contribution is 0.0690. The van der Waals surface area contributed by atoms with E-state index in [9.17, 15) is 0 Å². The molecule has 0 aromatic rings. The molecule has 1 heteroatoms. The van der Waals surface area contributed by atoms with E-state index in [1.807, 2.05) is 0 Å². The van der Waals surface area contributed by atoms with Crippen molar-refractivity contribution in [3.8, 4) is 0 Å². The van der Waals surface area contributed by atoms with E-state index < -0.39 is 0 Å². The topological polar surface area (TPSA) is 12.0 Å². The second-order valence-electron chi connectivity index (χ2n) is 9.14. The van der Waals surface area contributed by atoms with Crippen LogP contribution in [-0.2, 0) is 0 Å². The molecule has 0 aromatic heterocycles. The Bertz CT molecular complexity index is 486. The normalized spacial score (nSPS) is 44.6. The Kier molecular flexibility index (Phi) is 3.76. The molecule has 1 saturated heterocycles. The Morgan fingerprint density at radius 1 is 1.14 bits per heavy atom. The number of rotatable bonds is 2. The summed E-state index contributed by atoms with van der Waals surface area (Å²) in [6.07, 6.45) is 15.6. The zero-order chi connectivity index (χ0) is 15.3. The molecule has 122 valence electrons. The van der Waals surface area contributed by atoms with E-state index in [2.05, 4.69) is 44.3 Å². The molecule has 6 atom stereocenters. The maximum absolute atomic E-state index is 3.86. The molecule has 4 aliphatic rings. The highest BCUT2D eigenvalue weighted by atomic mass is 14.9. The average molecular weight is 300 g/mol. The van der Waals surface area contributed by atoms with Crippen LogP contribution in [-0.4, -0.2) is 12.6 Å². The first-order chi connectivity index (χ1) is 10.6. The molecule has 4 rings (SSSR count). The van der Waals surface area contributed by atoms with E-state index in [0.29, 0.717) is 5.41 Å². The van der Waals surface area contributed by atoms with E-state index in [0.717, 1.165) is 35.6 Å². The molecule has 3 fully saturated rings. The summed E-state index contributed by atoms with van der Waals surface area (Å²) in [7, 11) is 0. The van der Waals surface area contributed by atoms with Gasteiger partial charge in [-0.25, -0.2) is 0 Å². The van der Waals surface area contributed by atoms with Gasteiger partial charge in [-0.1, -0.05) is 44.6 Å². The number of hydrogen-bond donors (Lipinski definition) is 1. The summed E-state index contributed by atoms with van der Waals surface area (Å²) in [5.74, 6) is 4.73. The van der Waals surface area contributed by atoms with Gasteiger partial charge in [-0.2, -0.15) is 0 Å². The van der Waals surface area contributed by atoms with Crippen molar-refractivity contribution in [2.24, 2.45) is 35.0 Å². The molecule has 0 aromatic carbocycles. The van der Waals surface area contributed by atoms with E-state index >= 15 is 0 Å². The van der Waals surface area contributed by atoms with Crippen LogP contribution < -0.4 is 5.32 Å². The van der Waals surface area contributed by atoms with E-state index in [1.165, 1.54) is 45.1 Å². The van der Waals surface area contributed by atoms with Crippen molar-refractivity contribution < 1.29 is 0 Å². The minimum atomic E-state index is 0.379. The predicted molar refractivity (Wildman–Crippen MR) is 93.6 cm³/mol. The molecule has 2 saturated carbocycles. The number of piperidine rings is 1. The largest absolute Gasteiger partial charge is 0.314 e. The van der Waals surface area contributed by atoms with Gasteiger partial charge in [0.2, 0.25) is 0 Å². The lowest BCUT2D eigenvalue weighted by Gasteiger charge is -2.47. The fourth-order valence-corrected chi connectivity index (χ4v) is 6.77. The molecular weight excluding hydrogens is 266 g/mol. The summed E-state index contributed by atoms with van der Waals surface area (Å²) < 4.78 is 0. The van der Waals surface area contributed by atoms with Gasteiger partial charge in [0.05, 0.1) is 0 Å². The molecule has 1 aliphatic heterocycles. The number of fused-ring (bicyclic) bond motifs is 2. The van der Waals surface area contributed by atoms with Crippen molar-refractivity contribution in [1.29, 1.82) is 0 Å². The second kappa shape index (κ2) is 5.51. The molecule has 22 heavy (non-hydrogen) atoms. The standard InChI is InChI=1S/C21H33N/c1-14-11-16-12-15-7-6-10-22-19(15)13-18(16)20(14)21(2,3)17-8-4-5-9-17/h4-5,8,14-16,18-20,22H,6-7,9-13H2,1-3H3. The Morgan fingerprint density at radius 2 is 2.00 bits per heavy atom. The number of allylic oxidation sites excluding steroid dienone is 4. The molecule has 0 amide bonds. The fourth-order valence-electron chi connectivity index (χ4n) is 6.77. The van der Waals surface area contributed by atoms with E-state index in [4.69, 9.17) is 0 Å². The van der Waals surface area contributed by atoms with Crippen molar-refractivity contribution in [2.45, 2.75) is 65.3 Å². The maximum Gasteiger partial charge on any atom is 0.00982 e. The molecule has 1 heterocycles. The predicted octanol–water partition coefficient (Wildman–Crippen LogP) is 4.95. The van der Waals surface area contributed by atoms with Gasteiger partial charge in [-0.15, -0.1) is 0 Å². The van der Waals surface area contributed by atoms with Gasteiger partial charge in [0.15, 0.2) is 0 Å². The van der Waals surface area contributed by atoms with E-state index in [-0.39, 0.29) is 0 Å². The highest BCUT2D eigenvalue weighted by Gasteiger charge is 2.52. The highest BCUT2D eigenvalue weighted by molar-refractivity contribution is 5.29. The maximum atomic E-state index is 3.86. The van der Waals surface area contributed by atoms with Gasteiger partial charge < -0.3 is 5.32 Å². The first-order valence-corrected chi connectivity index (χ1v) is 9.67. The zero-order valence-corrected chi connectivity index (χ0v) is 14.6. The second-order valence-corrected chi connectivity index (χ2v) is 9.14. The molecule has 1 nitrogen and oxygen atoms in total. The molecule has 0 spiro atoms. The van der Waals surface area contributed by atoms with Crippen LogP contribution in [0.5, 0.6) is 0 Å². The van der Waals surface area contributed by atoms with Crippen molar-refractivity contribution in [3.05, 3.63) is 23.8 Å². The molecule has 6 unspecified atom stereocenters. The van der Waals surface area contributed by atoms with Crippen LogP contribution >= 0.6 is 0 Å². The molecular formula is C21H33N. The van der Waals surface area contributed by atoms with Crippen LogP contribution in [0.2, 0.25) is 0 Å². The third-order valence-electron chi connectivity index (χ3n) is 7.65. The zero-order valence-electron chi connectivity index (χ0n) is 14.6. The molecule has 1 N–H and O–H groups in total. The first-order valence-electron chi connectivity index (χ1n) is 9.67. The van der Waals surface area contributed by atoms with Gasteiger partial charge in [0, 0.05) is 6.04 Å². The Morgan fingerprint density at radius 3 is 2.77 bits per heavy atom. The Balaban J connectivity index is 1.58. The van der Waals surface area contributed by atoms with Crippen LogP contribution in [0.3, 0.4) is 0 Å². The fraction of sp³-hybridized carbons (Fsp3) is 0.810. The van der Waals surface area contributed by atoms with Gasteiger partial charge >= 0.3 is 0 Å². The van der Waals surface area contributed by atoms with Gasteiger partial charge in [-0.3, -0.25) is 0 Å². The third kappa shape index (κ3) is 2.31. The smallest absolute Gasteiger partial charge is 0.00982 e. The highest BCUT2D eigenvalue weighted by Crippen LogP contribution is 2.59. The van der Waals surface area contributed by atoms with Crippen molar-refractivity contribution >= 4 is 0 Å². The van der Waals surface area contributed by atoms with Crippen molar-refractivity contribution in [2.75, 3.05) is 6.54 Å². The van der Waals surface area contributed by atoms with Gasteiger partial charge in [-0.05, 0) is 80.1 Å². The quantitative estimate of drug-likeness (QED) is 0.761. The van der Waals surface area contributed by atoms with Crippen LogP contribution in [0.4, 0.5) is 0 Å². The summed E-state index contributed by atoms with van der Waals surface area (Å²) in [5.41, 5.74) is 2.06. The van der Waals surface area contributed by atoms with Crippen LogP contribution in [0.25, 0.3) is 0 Å². The van der Waals surface area contributed by atoms with Crippen LogP contribution in [0, 0.1) is 35.0 Å². The molecule has 3 aliphatic carbocycles. The van der Waals surface area contributed by atoms with Gasteiger partial charge in [0.1, 0.15) is 0 Å². The summed E-state index contributed by atoms with van der Waals surface area (Å²) in [4.78, 5) is 0. The minimum Gasteiger partial charge on any atom is -0.314 e.